The number of nitrogens with zero attached hydrogens (tertiary/aromatic N) is 1. The highest BCUT2D eigenvalue weighted by atomic mass is 79.9. The van der Waals surface area contributed by atoms with E-state index in [-0.39, 0.29) is 11.9 Å². The summed E-state index contributed by atoms with van der Waals surface area (Å²) in [6.07, 6.45) is 6.42. The number of hydrogen-bond acceptors (Lipinski definition) is 1. The van der Waals surface area contributed by atoms with E-state index in [1.165, 1.54) is 12.8 Å². The number of carbonyl (C=O) groups is 1. The van der Waals surface area contributed by atoms with E-state index in [2.05, 4.69) is 48.9 Å². The molecule has 1 N–H and O–H groups in total. The summed E-state index contributed by atoms with van der Waals surface area (Å²) in [5.41, 5.74) is 0.745. The smallest absolute Gasteiger partial charge is 0.268 e. The number of carbonyl (C=O) groups excluding carboxylic acids is 1. The third-order valence-corrected chi connectivity index (χ3v) is 3.79. The Morgan fingerprint density at radius 2 is 2.05 bits per heavy atom. The second kappa shape index (κ2) is 8.50. The van der Waals surface area contributed by atoms with E-state index < -0.39 is 0 Å². The van der Waals surface area contributed by atoms with E-state index in [1.807, 2.05) is 16.8 Å². The predicted molar refractivity (Wildman–Crippen MR) is 88.0 cm³/mol. The van der Waals surface area contributed by atoms with Crippen molar-refractivity contribution in [1.82, 2.24) is 9.88 Å². The first-order valence-corrected chi connectivity index (χ1v) is 8.39. The van der Waals surface area contributed by atoms with Crippen LogP contribution in [0.3, 0.4) is 0 Å². The van der Waals surface area contributed by atoms with Gasteiger partial charge in [0.1, 0.15) is 5.69 Å². The summed E-state index contributed by atoms with van der Waals surface area (Å²) in [7, 11) is 0. The van der Waals surface area contributed by atoms with Crippen LogP contribution in [-0.2, 0) is 6.54 Å². The quantitative estimate of drug-likeness (QED) is 0.735. The lowest BCUT2D eigenvalue weighted by molar-refractivity contribution is 0.0928. The molecule has 0 aromatic carbocycles. The van der Waals surface area contributed by atoms with E-state index >= 15 is 0 Å². The van der Waals surface area contributed by atoms with E-state index in [4.69, 9.17) is 0 Å². The van der Waals surface area contributed by atoms with Gasteiger partial charge < -0.3 is 9.88 Å². The second-order valence-corrected chi connectivity index (χ2v) is 6.85. The summed E-state index contributed by atoms with van der Waals surface area (Å²) >= 11 is 3.44. The van der Waals surface area contributed by atoms with Gasteiger partial charge in [-0.2, -0.15) is 0 Å². The summed E-state index contributed by atoms with van der Waals surface area (Å²) in [4.78, 5) is 12.3. The first kappa shape index (κ1) is 17.3. The van der Waals surface area contributed by atoms with E-state index in [0.29, 0.717) is 0 Å². The summed E-state index contributed by atoms with van der Waals surface area (Å²) in [6.45, 7) is 9.54. The normalized spacial score (nSPS) is 12.7. The Kier molecular flexibility index (Phi) is 7.35. The van der Waals surface area contributed by atoms with Crippen LogP contribution in [-0.4, -0.2) is 16.5 Å². The van der Waals surface area contributed by atoms with Gasteiger partial charge >= 0.3 is 0 Å². The Hall–Kier alpha value is -0.770. The second-order valence-electron chi connectivity index (χ2n) is 5.94. The van der Waals surface area contributed by atoms with Crippen molar-refractivity contribution >= 4 is 21.8 Å². The molecule has 0 saturated heterocycles. The molecule has 1 aromatic heterocycles. The minimum atomic E-state index is 0.0289. The molecule has 0 bridgehead atoms. The topological polar surface area (TPSA) is 34.0 Å². The number of rotatable bonds is 8. The van der Waals surface area contributed by atoms with Gasteiger partial charge in [-0.3, -0.25) is 4.79 Å². The molecule has 0 aliphatic rings. The average Bonchev–Trinajstić information content (AvgIpc) is 2.70. The van der Waals surface area contributed by atoms with Crippen molar-refractivity contribution in [3.63, 3.8) is 0 Å². The monoisotopic (exact) mass is 342 g/mol. The van der Waals surface area contributed by atoms with Crippen LogP contribution in [0.15, 0.2) is 16.7 Å². The van der Waals surface area contributed by atoms with E-state index in [0.717, 1.165) is 35.5 Å². The van der Waals surface area contributed by atoms with Gasteiger partial charge in [-0.25, -0.2) is 0 Å². The fourth-order valence-corrected chi connectivity index (χ4v) is 2.76. The van der Waals surface area contributed by atoms with Crippen LogP contribution in [0.5, 0.6) is 0 Å². The largest absolute Gasteiger partial charge is 0.348 e. The van der Waals surface area contributed by atoms with Crippen molar-refractivity contribution in [3.05, 3.63) is 22.4 Å². The molecule has 3 nitrogen and oxygen atoms in total. The fraction of sp³-hybridized carbons (Fsp3) is 0.688. The Morgan fingerprint density at radius 3 is 2.65 bits per heavy atom. The molecule has 114 valence electrons. The van der Waals surface area contributed by atoms with Gasteiger partial charge in [0.15, 0.2) is 0 Å². The lowest BCUT2D eigenvalue weighted by Crippen LogP contribution is -2.33. The third kappa shape index (κ3) is 5.70. The Bertz CT molecular complexity index is 426. The molecule has 0 aliphatic heterocycles. The molecule has 1 rings (SSSR count). The summed E-state index contributed by atoms with van der Waals surface area (Å²) in [5, 5.41) is 3.10. The van der Waals surface area contributed by atoms with Gasteiger partial charge in [0.05, 0.1) is 0 Å². The first-order valence-electron chi connectivity index (χ1n) is 7.60. The van der Waals surface area contributed by atoms with Crippen LogP contribution in [0.4, 0.5) is 0 Å². The number of aromatic nitrogens is 1. The van der Waals surface area contributed by atoms with Crippen LogP contribution >= 0.6 is 15.9 Å². The summed E-state index contributed by atoms with van der Waals surface area (Å²) < 4.78 is 2.98. The van der Waals surface area contributed by atoms with Crippen molar-refractivity contribution in [2.75, 3.05) is 0 Å². The highest BCUT2D eigenvalue weighted by Crippen LogP contribution is 2.16. The van der Waals surface area contributed by atoms with Crippen molar-refractivity contribution in [3.8, 4) is 0 Å². The van der Waals surface area contributed by atoms with Gasteiger partial charge in [0.25, 0.3) is 5.91 Å². The maximum Gasteiger partial charge on any atom is 0.268 e. The zero-order valence-corrected chi connectivity index (χ0v) is 14.7. The molecule has 20 heavy (non-hydrogen) atoms. The molecular formula is C16H27BrN2O. The van der Waals surface area contributed by atoms with Crippen LogP contribution in [0, 0.1) is 5.92 Å². The summed E-state index contributed by atoms with van der Waals surface area (Å²) in [6, 6.07) is 2.12. The molecule has 0 fully saturated rings. The minimum absolute atomic E-state index is 0.0289. The molecule has 0 radical (unpaired) electrons. The third-order valence-electron chi connectivity index (χ3n) is 3.36. The number of nitrogens with one attached hydrogen (secondary N) is 1. The molecular weight excluding hydrogens is 316 g/mol. The van der Waals surface area contributed by atoms with Gasteiger partial charge in [-0.1, -0.05) is 33.6 Å². The minimum Gasteiger partial charge on any atom is -0.348 e. The van der Waals surface area contributed by atoms with Crippen molar-refractivity contribution in [1.29, 1.82) is 0 Å². The van der Waals surface area contributed by atoms with Crippen LogP contribution < -0.4 is 5.32 Å². The van der Waals surface area contributed by atoms with Crippen LogP contribution in [0.25, 0.3) is 0 Å². The van der Waals surface area contributed by atoms with Gasteiger partial charge in [-0.15, -0.1) is 0 Å². The lowest BCUT2D eigenvalue weighted by atomic mass is 10.0. The molecule has 0 spiro atoms. The Labute approximate surface area is 131 Å². The lowest BCUT2D eigenvalue weighted by Gasteiger charge is -2.15. The number of halogens is 1. The predicted octanol–water partition coefficient (Wildman–Crippen LogP) is 4.61. The molecule has 1 atom stereocenters. The Balaban J connectivity index is 2.53. The molecule has 0 aliphatic carbocycles. The van der Waals surface area contributed by atoms with E-state index in [9.17, 15) is 4.79 Å². The first-order chi connectivity index (χ1) is 9.43. The SMILES string of the molecule is CCCn1cc(Br)cc1C(=O)NC(C)CCCC(C)C. The van der Waals surface area contributed by atoms with Crippen molar-refractivity contribution in [2.45, 2.75) is 66.0 Å². The average molecular weight is 343 g/mol. The maximum atomic E-state index is 12.3. The fourth-order valence-electron chi connectivity index (χ4n) is 2.29. The highest BCUT2D eigenvalue weighted by molar-refractivity contribution is 9.10. The Morgan fingerprint density at radius 1 is 1.35 bits per heavy atom. The molecule has 1 aromatic rings. The highest BCUT2D eigenvalue weighted by Gasteiger charge is 2.14. The van der Waals surface area contributed by atoms with Gasteiger partial charge in [0.2, 0.25) is 0 Å². The van der Waals surface area contributed by atoms with E-state index in [1.54, 1.807) is 0 Å². The molecule has 0 saturated carbocycles. The molecule has 1 unspecified atom stereocenters. The standard InChI is InChI=1S/C16H27BrN2O/c1-5-9-19-11-14(17)10-15(19)16(20)18-13(4)8-6-7-12(2)3/h10-13H,5-9H2,1-4H3,(H,18,20). The molecule has 4 heteroatoms. The molecule has 1 amide bonds. The number of hydrogen-bond donors (Lipinski definition) is 1. The number of aryl methyl sites for hydroxylation is 1. The van der Waals surface area contributed by atoms with Crippen molar-refractivity contribution < 1.29 is 4.79 Å². The van der Waals surface area contributed by atoms with Gasteiger partial charge in [0, 0.05) is 23.3 Å². The summed E-state index contributed by atoms with van der Waals surface area (Å²) in [5.74, 6) is 0.761. The zero-order valence-electron chi connectivity index (χ0n) is 13.1. The molecule has 1 heterocycles. The van der Waals surface area contributed by atoms with Crippen molar-refractivity contribution in [2.24, 2.45) is 5.92 Å². The number of amides is 1. The van der Waals surface area contributed by atoms with Crippen LogP contribution in [0.1, 0.15) is 63.9 Å². The zero-order chi connectivity index (χ0) is 15.1. The maximum absolute atomic E-state index is 12.3. The van der Waals surface area contributed by atoms with Gasteiger partial charge in [-0.05, 0) is 47.7 Å². The van der Waals surface area contributed by atoms with Crippen LogP contribution in [0.2, 0.25) is 0 Å².